The molecule has 0 aliphatic rings. The Morgan fingerprint density at radius 1 is 1.20 bits per heavy atom. The number of hydrogen-bond acceptors (Lipinski definition) is 4. The molecule has 6 heteroatoms. The molecule has 1 atom stereocenters. The van der Waals surface area contributed by atoms with Crippen LogP contribution in [0.4, 0.5) is 4.79 Å². The molecule has 0 radical (unpaired) electrons. The first-order valence-corrected chi connectivity index (χ1v) is 7.77. The zero-order valence-electron chi connectivity index (χ0n) is 11.5. The summed E-state index contributed by atoms with van der Waals surface area (Å²) in [7, 11) is 0. The standard InChI is InChI=1S/C14H18INO4/c1-10(2)12(13(17)20-9-15)16-14(18)19-8-11-6-4-3-5-7-11/h3-7,10,12H,8-9H2,1-2H3,(H,16,18)/t12-/m0/s1. The molecule has 1 aromatic carbocycles. The maximum atomic E-state index is 11.7. The van der Waals surface area contributed by atoms with E-state index in [0.29, 0.717) is 0 Å². The van der Waals surface area contributed by atoms with E-state index in [2.05, 4.69) is 5.32 Å². The summed E-state index contributed by atoms with van der Waals surface area (Å²) in [5.41, 5.74) is 0.888. The summed E-state index contributed by atoms with van der Waals surface area (Å²) in [6, 6.07) is 8.64. The van der Waals surface area contributed by atoms with E-state index in [9.17, 15) is 9.59 Å². The molecule has 0 saturated heterocycles. The lowest BCUT2D eigenvalue weighted by atomic mass is 10.1. The SMILES string of the molecule is CC(C)[C@H](NC(=O)OCc1ccccc1)C(=O)OCI. The quantitative estimate of drug-likeness (QED) is 0.460. The maximum Gasteiger partial charge on any atom is 0.408 e. The number of hydrogen-bond donors (Lipinski definition) is 1. The fraction of sp³-hybridized carbons (Fsp3) is 0.429. The van der Waals surface area contributed by atoms with E-state index in [1.165, 1.54) is 0 Å². The van der Waals surface area contributed by atoms with Crippen molar-refractivity contribution < 1.29 is 19.1 Å². The molecule has 0 aromatic heterocycles. The third-order valence-corrected chi connectivity index (χ3v) is 2.91. The second-order valence-corrected chi connectivity index (χ2v) is 5.12. The summed E-state index contributed by atoms with van der Waals surface area (Å²) in [4.78, 5) is 23.4. The first-order chi connectivity index (χ1) is 9.54. The average Bonchev–Trinajstić information content (AvgIpc) is 2.43. The topological polar surface area (TPSA) is 64.6 Å². The third-order valence-electron chi connectivity index (χ3n) is 2.60. The van der Waals surface area contributed by atoms with Gasteiger partial charge in [0, 0.05) is 0 Å². The largest absolute Gasteiger partial charge is 0.453 e. The van der Waals surface area contributed by atoms with Gasteiger partial charge >= 0.3 is 12.1 Å². The highest BCUT2D eigenvalue weighted by Gasteiger charge is 2.26. The molecular formula is C14H18INO4. The van der Waals surface area contributed by atoms with Crippen molar-refractivity contribution in [1.29, 1.82) is 0 Å². The first-order valence-electron chi connectivity index (χ1n) is 6.24. The van der Waals surface area contributed by atoms with Crippen LogP contribution in [0.3, 0.4) is 0 Å². The molecule has 1 N–H and O–H groups in total. The molecule has 0 saturated carbocycles. The number of carbonyl (C=O) groups is 2. The molecule has 1 aromatic rings. The van der Waals surface area contributed by atoms with E-state index >= 15 is 0 Å². The van der Waals surface area contributed by atoms with Gasteiger partial charge in [0.2, 0.25) is 0 Å². The minimum absolute atomic E-state index is 0.0743. The summed E-state index contributed by atoms with van der Waals surface area (Å²) in [6.45, 7) is 3.83. The van der Waals surface area contributed by atoms with E-state index in [0.717, 1.165) is 5.56 Å². The lowest BCUT2D eigenvalue weighted by molar-refractivity contribution is -0.144. The van der Waals surface area contributed by atoms with Crippen molar-refractivity contribution in [2.45, 2.75) is 26.5 Å². The normalized spacial score (nSPS) is 11.8. The van der Waals surface area contributed by atoms with Crippen LogP contribution in [-0.4, -0.2) is 22.7 Å². The summed E-state index contributed by atoms with van der Waals surface area (Å²) >= 11 is 1.93. The van der Waals surface area contributed by atoms with Crippen LogP contribution >= 0.6 is 22.6 Å². The highest BCUT2D eigenvalue weighted by molar-refractivity contribution is 14.1. The molecule has 1 rings (SSSR count). The summed E-state index contributed by atoms with van der Waals surface area (Å²) < 4.78 is 10.2. The Morgan fingerprint density at radius 2 is 1.85 bits per heavy atom. The predicted octanol–water partition coefficient (Wildman–Crippen LogP) is 2.87. The van der Waals surface area contributed by atoms with Crippen LogP contribution in [0, 0.1) is 5.92 Å². The van der Waals surface area contributed by atoms with Gasteiger partial charge in [-0.15, -0.1) is 0 Å². The van der Waals surface area contributed by atoms with E-state index < -0.39 is 18.1 Å². The maximum absolute atomic E-state index is 11.7. The molecule has 0 unspecified atom stereocenters. The second kappa shape index (κ2) is 8.78. The smallest absolute Gasteiger partial charge is 0.408 e. The fourth-order valence-corrected chi connectivity index (χ4v) is 1.84. The molecule has 1 amide bonds. The number of alkyl halides is 1. The first kappa shape index (κ1) is 16.7. The zero-order valence-corrected chi connectivity index (χ0v) is 13.6. The molecule has 0 heterocycles. The van der Waals surface area contributed by atoms with E-state index in [-0.39, 0.29) is 17.1 Å². The lowest BCUT2D eigenvalue weighted by Gasteiger charge is -2.19. The summed E-state index contributed by atoms with van der Waals surface area (Å²) in [6.07, 6.45) is -0.627. The van der Waals surface area contributed by atoms with Crippen molar-refractivity contribution in [3.05, 3.63) is 35.9 Å². The number of ether oxygens (including phenoxy) is 2. The van der Waals surface area contributed by atoms with Crippen LogP contribution < -0.4 is 5.32 Å². The molecule has 0 aliphatic carbocycles. The number of amides is 1. The Morgan fingerprint density at radius 3 is 2.40 bits per heavy atom. The van der Waals surface area contributed by atoms with Gasteiger partial charge in [-0.25, -0.2) is 9.59 Å². The van der Waals surface area contributed by atoms with Gasteiger partial charge in [0.15, 0.2) is 0 Å². The molecule has 20 heavy (non-hydrogen) atoms. The molecular weight excluding hydrogens is 373 g/mol. The van der Waals surface area contributed by atoms with Crippen molar-refractivity contribution in [1.82, 2.24) is 5.32 Å². The Balaban J connectivity index is 2.48. The molecule has 110 valence electrons. The van der Waals surface area contributed by atoms with Crippen LogP contribution in [0.2, 0.25) is 0 Å². The summed E-state index contributed by atoms with van der Waals surface area (Å²) in [5.74, 6) is -0.527. The zero-order chi connectivity index (χ0) is 15.0. The van der Waals surface area contributed by atoms with Gasteiger partial charge in [0.1, 0.15) is 17.3 Å². The number of nitrogens with one attached hydrogen (secondary N) is 1. The highest BCUT2D eigenvalue weighted by atomic mass is 127. The van der Waals surface area contributed by atoms with Gasteiger partial charge in [-0.1, -0.05) is 44.2 Å². The van der Waals surface area contributed by atoms with Gasteiger partial charge in [-0.3, -0.25) is 0 Å². The van der Waals surface area contributed by atoms with Crippen LogP contribution in [0.15, 0.2) is 30.3 Å². The highest BCUT2D eigenvalue weighted by Crippen LogP contribution is 2.06. The number of carbonyl (C=O) groups excluding carboxylic acids is 2. The fourth-order valence-electron chi connectivity index (χ4n) is 1.53. The molecule has 0 spiro atoms. The van der Waals surface area contributed by atoms with E-state index in [4.69, 9.17) is 9.47 Å². The second-order valence-electron chi connectivity index (χ2n) is 4.50. The number of esters is 1. The Kier molecular flexibility index (Phi) is 7.35. The van der Waals surface area contributed by atoms with Crippen molar-refractivity contribution >= 4 is 34.7 Å². The van der Waals surface area contributed by atoms with Gasteiger partial charge in [-0.2, -0.15) is 0 Å². The Hall–Kier alpha value is -1.31. The Bertz CT molecular complexity index is 436. The van der Waals surface area contributed by atoms with Gasteiger partial charge < -0.3 is 14.8 Å². The summed E-state index contributed by atoms with van der Waals surface area (Å²) in [5, 5.41) is 2.53. The van der Waals surface area contributed by atoms with Crippen molar-refractivity contribution in [3.8, 4) is 0 Å². The van der Waals surface area contributed by atoms with Crippen molar-refractivity contribution in [2.24, 2.45) is 5.92 Å². The van der Waals surface area contributed by atoms with Crippen LogP contribution in [0.5, 0.6) is 0 Å². The number of rotatable bonds is 6. The molecule has 0 aliphatic heterocycles. The van der Waals surface area contributed by atoms with Crippen LogP contribution in [0.1, 0.15) is 19.4 Å². The number of benzene rings is 1. The van der Waals surface area contributed by atoms with Crippen molar-refractivity contribution in [2.75, 3.05) is 4.61 Å². The Labute approximate surface area is 132 Å². The minimum atomic E-state index is -0.701. The van der Waals surface area contributed by atoms with E-state index in [1.54, 1.807) is 0 Å². The number of alkyl carbamates (subject to hydrolysis) is 1. The van der Waals surface area contributed by atoms with Crippen LogP contribution in [-0.2, 0) is 20.9 Å². The third kappa shape index (κ3) is 5.77. The van der Waals surface area contributed by atoms with E-state index in [1.807, 2.05) is 66.8 Å². The average molecular weight is 391 g/mol. The minimum Gasteiger partial charge on any atom is -0.453 e. The predicted molar refractivity (Wildman–Crippen MR) is 83.4 cm³/mol. The molecule has 0 bridgehead atoms. The van der Waals surface area contributed by atoms with Gasteiger partial charge in [0.25, 0.3) is 0 Å². The lowest BCUT2D eigenvalue weighted by Crippen LogP contribution is -2.45. The van der Waals surface area contributed by atoms with Gasteiger partial charge in [-0.05, 0) is 34.1 Å². The monoisotopic (exact) mass is 391 g/mol. The van der Waals surface area contributed by atoms with Gasteiger partial charge in [0.05, 0.1) is 0 Å². The van der Waals surface area contributed by atoms with Crippen molar-refractivity contribution in [3.63, 3.8) is 0 Å². The van der Waals surface area contributed by atoms with Crippen LogP contribution in [0.25, 0.3) is 0 Å². The molecule has 0 fully saturated rings. The molecule has 5 nitrogen and oxygen atoms in total. The number of halogens is 1.